The zero-order valence-electron chi connectivity index (χ0n) is 24.8. The molecule has 2 N–H and O–H groups in total. The van der Waals surface area contributed by atoms with Crippen molar-refractivity contribution in [3.05, 3.63) is 65.2 Å². The van der Waals surface area contributed by atoms with Crippen molar-refractivity contribution in [1.82, 2.24) is 0 Å². The molecular formula is C35H50O5S. The lowest BCUT2D eigenvalue weighted by Gasteiger charge is -2.53. The second-order valence-electron chi connectivity index (χ2n) is 12.6. The van der Waals surface area contributed by atoms with Crippen LogP contribution in [0.1, 0.15) is 74.5 Å². The number of hydrogen-bond donors (Lipinski definition) is 2. The maximum atomic E-state index is 10.9. The molecule has 2 aromatic rings. The molecule has 2 fully saturated rings. The monoisotopic (exact) mass is 582 g/mol. The van der Waals surface area contributed by atoms with E-state index in [4.69, 9.17) is 14.2 Å². The van der Waals surface area contributed by atoms with Crippen LogP contribution in [-0.2, 0) is 26.4 Å². The highest BCUT2D eigenvalue weighted by atomic mass is 32.2. The fourth-order valence-corrected chi connectivity index (χ4v) is 8.87. The maximum Gasteiger partial charge on any atom is 0.115 e. The summed E-state index contributed by atoms with van der Waals surface area (Å²) >= 11 is 1.90. The molecule has 3 aliphatic rings. The number of aromatic hydroxyl groups is 1. The highest BCUT2D eigenvalue weighted by Gasteiger charge is 2.56. The van der Waals surface area contributed by atoms with Gasteiger partial charge in [0, 0.05) is 18.1 Å². The Morgan fingerprint density at radius 1 is 0.878 bits per heavy atom. The van der Waals surface area contributed by atoms with Crippen molar-refractivity contribution in [2.75, 3.05) is 45.4 Å². The van der Waals surface area contributed by atoms with E-state index in [0.717, 1.165) is 69.7 Å². The van der Waals surface area contributed by atoms with Crippen molar-refractivity contribution in [1.29, 1.82) is 0 Å². The van der Waals surface area contributed by atoms with Gasteiger partial charge >= 0.3 is 0 Å². The molecule has 41 heavy (non-hydrogen) atoms. The Hall–Kier alpha value is -1.57. The minimum Gasteiger partial charge on any atom is -0.508 e. The van der Waals surface area contributed by atoms with Crippen LogP contribution >= 0.6 is 11.8 Å². The lowest BCUT2D eigenvalue weighted by atomic mass is 9.52. The molecule has 0 saturated heterocycles. The Kier molecular flexibility index (Phi) is 11.5. The van der Waals surface area contributed by atoms with Crippen LogP contribution in [0.25, 0.3) is 0 Å². The summed E-state index contributed by atoms with van der Waals surface area (Å²) in [5.41, 5.74) is 4.24. The average Bonchev–Trinajstić information content (AvgIpc) is 3.29. The van der Waals surface area contributed by atoms with Crippen LogP contribution in [0.2, 0.25) is 0 Å². The summed E-state index contributed by atoms with van der Waals surface area (Å²) in [5.74, 6) is 4.84. The van der Waals surface area contributed by atoms with Crippen molar-refractivity contribution in [2.24, 2.45) is 23.2 Å². The standard InChI is InChI=1S/C35H50O5S/c1-35-15-14-31-30-11-10-29(36)24-28(30)23-27(34(31)32(35)12-13-33(35)37)9-5-6-16-38-17-18-39-19-20-40-21-22-41-25-26-7-3-2-4-8-26/h2-4,7-8,10-11,24,27,31-34,36-37H,5-6,9,12-23,25H2,1H3/t27-,31?,32?,33?,34?,35?/m1/s1. The van der Waals surface area contributed by atoms with Crippen LogP contribution in [0.4, 0.5) is 0 Å². The van der Waals surface area contributed by atoms with Gasteiger partial charge in [0.25, 0.3) is 0 Å². The molecule has 0 bridgehead atoms. The smallest absolute Gasteiger partial charge is 0.115 e. The minimum absolute atomic E-state index is 0.0727. The molecule has 6 atom stereocenters. The molecule has 0 amide bonds. The van der Waals surface area contributed by atoms with Gasteiger partial charge < -0.3 is 24.4 Å². The van der Waals surface area contributed by atoms with E-state index < -0.39 is 0 Å². The number of fused-ring (bicyclic) bond motifs is 5. The normalized spacial score (nSPS) is 28.7. The number of benzene rings is 2. The number of aliphatic hydroxyl groups is 1. The molecule has 0 spiro atoms. The third-order valence-electron chi connectivity index (χ3n) is 10.2. The van der Waals surface area contributed by atoms with Gasteiger partial charge in [0.05, 0.1) is 39.1 Å². The first-order valence-corrected chi connectivity index (χ1v) is 17.1. The molecule has 5 nitrogen and oxygen atoms in total. The van der Waals surface area contributed by atoms with Gasteiger partial charge in [0.1, 0.15) is 5.75 Å². The topological polar surface area (TPSA) is 68.2 Å². The summed E-state index contributed by atoms with van der Waals surface area (Å²) in [6, 6.07) is 16.6. The summed E-state index contributed by atoms with van der Waals surface area (Å²) in [6.07, 6.45) is 8.70. The summed E-state index contributed by atoms with van der Waals surface area (Å²) < 4.78 is 17.2. The zero-order valence-corrected chi connectivity index (χ0v) is 25.7. The predicted octanol–water partition coefficient (Wildman–Crippen LogP) is 6.99. The van der Waals surface area contributed by atoms with E-state index in [-0.39, 0.29) is 11.5 Å². The first kappa shape index (κ1) is 30.9. The third-order valence-corrected chi connectivity index (χ3v) is 11.2. The molecule has 2 aromatic carbocycles. The number of phenols is 1. The largest absolute Gasteiger partial charge is 0.508 e. The van der Waals surface area contributed by atoms with Crippen LogP contribution in [0.15, 0.2) is 48.5 Å². The van der Waals surface area contributed by atoms with Gasteiger partial charge in [-0.15, -0.1) is 0 Å². The van der Waals surface area contributed by atoms with Crippen molar-refractivity contribution < 1.29 is 24.4 Å². The molecule has 6 heteroatoms. The summed E-state index contributed by atoms with van der Waals surface area (Å²) in [7, 11) is 0. The van der Waals surface area contributed by atoms with Gasteiger partial charge in [-0.1, -0.05) is 49.7 Å². The highest BCUT2D eigenvalue weighted by Crippen LogP contribution is 2.62. The molecule has 2 saturated carbocycles. The number of ether oxygens (including phenoxy) is 3. The molecule has 5 unspecified atom stereocenters. The fourth-order valence-electron chi connectivity index (χ4n) is 8.07. The second kappa shape index (κ2) is 15.2. The summed E-state index contributed by atoms with van der Waals surface area (Å²) in [6.45, 7) is 6.37. The Bertz CT molecular complexity index is 1060. The number of aliphatic hydroxyl groups excluding tert-OH is 1. The van der Waals surface area contributed by atoms with Crippen molar-refractivity contribution >= 4 is 11.8 Å². The van der Waals surface area contributed by atoms with Crippen molar-refractivity contribution in [3.8, 4) is 5.75 Å². The Labute approximate surface area is 251 Å². The highest BCUT2D eigenvalue weighted by molar-refractivity contribution is 7.98. The molecular weight excluding hydrogens is 532 g/mol. The average molecular weight is 583 g/mol. The van der Waals surface area contributed by atoms with Gasteiger partial charge in [-0.05, 0) is 103 Å². The van der Waals surface area contributed by atoms with E-state index in [9.17, 15) is 10.2 Å². The van der Waals surface area contributed by atoms with Crippen LogP contribution < -0.4 is 0 Å². The Morgan fingerprint density at radius 2 is 1.63 bits per heavy atom. The van der Waals surface area contributed by atoms with Gasteiger partial charge in [0.15, 0.2) is 0 Å². The van der Waals surface area contributed by atoms with E-state index in [0.29, 0.717) is 55.8 Å². The second-order valence-corrected chi connectivity index (χ2v) is 13.8. The van der Waals surface area contributed by atoms with Crippen molar-refractivity contribution in [2.45, 2.75) is 76.1 Å². The Balaban J connectivity index is 0.946. The van der Waals surface area contributed by atoms with Gasteiger partial charge in [-0.3, -0.25) is 0 Å². The Morgan fingerprint density at radius 3 is 2.44 bits per heavy atom. The van der Waals surface area contributed by atoms with Crippen LogP contribution in [0.5, 0.6) is 5.75 Å². The van der Waals surface area contributed by atoms with Crippen LogP contribution in [-0.4, -0.2) is 61.7 Å². The fraction of sp³-hybridized carbons (Fsp3) is 0.657. The third kappa shape index (κ3) is 7.88. The van der Waals surface area contributed by atoms with Gasteiger partial charge in [-0.25, -0.2) is 0 Å². The molecule has 3 aliphatic carbocycles. The summed E-state index contributed by atoms with van der Waals surface area (Å²) in [5, 5.41) is 21.0. The van der Waals surface area contributed by atoms with Crippen LogP contribution in [0, 0.1) is 23.2 Å². The molecule has 0 radical (unpaired) electrons. The van der Waals surface area contributed by atoms with E-state index in [2.05, 4.69) is 43.3 Å². The minimum atomic E-state index is -0.151. The SMILES string of the molecule is CC12CCC3c4ccc(O)cc4C[C@@H](CCCCOCCOCCOCCSCc4ccccc4)C3C1CCC2O. The van der Waals surface area contributed by atoms with E-state index in [1.807, 2.05) is 23.9 Å². The van der Waals surface area contributed by atoms with E-state index >= 15 is 0 Å². The molecule has 0 heterocycles. The molecule has 5 rings (SSSR count). The molecule has 0 aliphatic heterocycles. The lowest BCUT2D eigenvalue weighted by Crippen LogP contribution is -2.47. The van der Waals surface area contributed by atoms with Gasteiger partial charge in [0.2, 0.25) is 0 Å². The maximum absolute atomic E-state index is 10.9. The number of unbranched alkanes of at least 4 members (excludes halogenated alkanes) is 1. The number of thioether (sulfide) groups is 1. The number of phenolic OH excluding ortho intramolecular Hbond substituents is 1. The molecule has 226 valence electrons. The van der Waals surface area contributed by atoms with Crippen molar-refractivity contribution in [3.63, 3.8) is 0 Å². The summed E-state index contributed by atoms with van der Waals surface area (Å²) in [4.78, 5) is 0. The molecule has 0 aromatic heterocycles. The first-order chi connectivity index (χ1) is 20.1. The van der Waals surface area contributed by atoms with E-state index in [1.54, 1.807) is 0 Å². The van der Waals surface area contributed by atoms with Crippen LogP contribution in [0.3, 0.4) is 0 Å². The number of rotatable bonds is 16. The predicted molar refractivity (Wildman–Crippen MR) is 167 cm³/mol. The van der Waals surface area contributed by atoms with E-state index in [1.165, 1.54) is 23.1 Å². The zero-order chi connectivity index (χ0) is 28.5. The van der Waals surface area contributed by atoms with Gasteiger partial charge in [-0.2, -0.15) is 11.8 Å². The lowest BCUT2D eigenvalue weighted by molar-refractivity contribution is -0.0399. The quantitative estimate of drug-likeness (QED) is 0.208. The number of hydrogen-bond acceptors (Lipinski definition) is 6. The first-order valence-electron chi connectivity index (χ1n) is 15.9.